The third-order valence-electron chi connectivity index (χ3n) is 2.83. The Morgan fingerprint density at radius 1 is 1.00 bits per heavy atom. The van der Waals surface area contributed by atoms with E-state index in [1.165, 1.54) is 17.7 Å². The van der Waals surface area contributed by atoms with Crippen molar-refractivity contribution >= 4 is 11.6 Å². The average Bonchev–Trinajstić information content (AvgIpc) is 2.47. The average molecular weight is 272 g/mol. The fourth-order valence-corrected chi connectivity index (χ4v) is 1.79. The molecule has 2 aromatic carbocycles. The lowest BCUT2D eigenvalue weighted by Crippen LogP contribution is -2.21. The highest BCUT2D eigenvalue weighted by molar-refractivity contribution is 5.90. The van der Waals surface area contributed by atoms with Crippen molar-refractivity contribution in [2.24, 2.45) is 0 Å². The Balaban J connectivity index is 1.66. The maximum absolute atomic E-state index is 12.7. The standard InChI is InChI=1S/C16H17FN2O/c17-14-6-8-15(9-7-14)19-16(20)10-11-18-12-13-4-2-1-3-5-13/h1-9,18H,10-12H2,(H,19,20). The van der Waals surface area contributed by atoms with Gasteiger partial charge in [0.2, 0.25) is 5.91 Å². The van der Waals surface area contributed by atoms with Crippen LogP contribution in [-0.2, 0) is 11.3 Å². The number of anilines is 1. The van der Waals surface area contributed by atoms with Gasteiger partial charge in [0.05, 0.1) is 0 Å². The van der Waals surface area contributed by atoms with Gasteiger partial charge in [0.15, 0.2) is 0 Å². The molecule has 0 saturated carbocycles. The number of benzene rings is 2. The van der Waals surface area contributed by atoms with Crippen LogP contribution in [0.4, 0.5) is 10.1 Å². The SMILES string of the molecule is O=C(CCNCc1ccccc1)Nc1ccc(F)cc1. The van der Waals surface area contributed by atoms with E-state index in [1.807, 2.05) is 30.3 Å². The second-order valence-electron chi connectivity index (χ2n) is 4.47. The predicted octanol–water partition coefficient (Wildman–Crippen LogP) is 2.94. The van der Waals surface area contributed by atoms with Gasteiger partial charge in [0.25, 0.3) is 0 Å². The molecule has 2 N–H and O–H groups in total. The van der Waals surface area contributed by atoms with Crippen LogP contribution in [0.3, 0.4) is 0 Å². The van der Waals surface area contributed by atoms with E-state index >= 15 is 0 Å². The fourth-order valence-electron chi connectivity index (χ4n) is 1.79. The third kappa shape index (κ3) is 4.82. The first-order chi connectivity index (χ1) is 9.74. The summed E-state index contributed by atoms with van der Waals surface area (Å²) in [6.45, 7) is 1.34. The first kappa shape index (κ1) is 14.2. The van der Waals surface area contributed by atoms with Gasteiger partial charge in [-0.25, -0.2) is 4.39 Å². The summed E-state index contributed by atoms with van der Waals surface area (Å²) >= 11 is 0. The van der Waals surface area contributed by atoms with Gasteiger partial charge in [-0.05, 0) is 29.8 Å². The lowest BCUT2D eigenvalue weighted by Gasteiger charge is -2.06. The van der Waals surface area contributed by atoms with Gasteiger partial charge in [0.1, 0.15) is 5.82 Å². The number of halogens is 1. The van der Waals surface area contributed by atoms with E-state index in [-0.39, 0.29) is 11.7 Å². The summed E-state index contributed by atoms with van der Waals surface area (Å²) in [6.07, 6.45) is 0.379. The maximum Gasteiger partial charge on any atom is 0.225 e. The van der Waals surface area contributed by atoms with Gasteiger partial charge in [-0.1, -0.05) is 30.3 Å². The highest BCUT2D eigenvalue weighted by Crippen LogP contribution is 2.08. The van der Waals surface area contributed by atoms with E-state index in [2.05, 4.69) is 10.6 Å². The Kier molecular flexibility index (Phi) is 5.26. The number of hydrogen-bond donors (Lipinski definition) is 2. The monoisotopic (exact) mass is 272 g/mol. The van der Waals surface area contributed by atoms with Crippen LogP contribution in [0, 0.1) is 5.82 Å². The van der Waals surface area contributed by atoms with Gasteiger partial charge >= 0.3 is 0 Å². The van der Waals surface area contributed by atoms with Gasteiger partial charge in [0, 0.05) is 25.2 Å². The number of rotatable bonds is 6. The van der Waals surface area contributed by atoms with E-state index in [1.54, 1.807) is 12.1 Å². The number of hydrogen-bond acceptors (Lipinski definition) is 2. The molecule has 0 aromatic heterocycles. The van der Waals surface area contributed by atoms with Crippen LogP contribution < -0.4 is 10.6 Å². The molecule has 0 saturated heterocycles. The fraction of sp³-hybridized carbons (Fsp3) is 0.188. The van der Waals surface area contributed by atoms with Crippen molar-refractivity contribution in [3.05, 3.63) is 66.0 Å². The molecule has 0 fully saturated rings. The van der Waals surface area contributed by atoms with Gasteiger partial charge < -0.3 is 10.6 Å². The van der Waals surface area contributed by atoms with E-state index < -0.39 is 0 Å². The first-order valence-electron chi connectivity index (χ1n) is 6.54. The number of nitrogens with one attached hydrogen (secondary N) is 2. The molecule has 0 radical (unpaired) electrons. The molecule has 0 aliphatic heterocycles. The molecule has 0 bridgehead atoms. The summed E-state index contributed by atoms with van der Waals surface area (Å²) in [4.78, 5) is 11.7. The summed E-state index contributed by atoms with van der Waals surface area (Å²) in [5.41, 5.74) is 1.80. The Labute approximate surface area is 117 Å². The second-order valence-corrected chi connectivity index (χ2v) is 4.47. The summed E-state index contributed by atoms with van der Waals surface area (Å²) in [5, 5.41) is 5.93. The molecule has 0 aliphatic rings. The minimum Gasteiger partial charge on any atom is -0.326 e. The topological polar surface area (TPSA) is 41.1 Å². The molecular formula is C16H17FN2O. The van der Waals surface area contributed by atoms with Crippen molar-refractivity contribution in [1.82, 2.24) is 5.32 Å². The smallest absolute Gasteiger partial charge is 0.225 e. The molecule has 104 valence electrons. The third-order valence-corrected chi connectivity index (χ3v) is 2.83. The zero-order chi connectivity index (χ0) is 14.2. The number of carbonyl (C=O) groups excluding carboxylic acids is 1. The lowest BCUT2D eigenvalue weighted by molar-refractivity contribution is -0.116. The van der Waals surface area contributed by atoms with Gasteiger partial charge in [-0.2, -0.15) is 0 Å². The largest absolute Gasteiger partial charge is 0.326 e. The van der Waals surface area contributed by atoms with Crippen LogP contribution in [0.2, 0.25) is 0 Å². The second kappa shape index (κ2) is 7.40. The molecular weight excluding hydrogens is 255 g/mol. The molecule has 0 heterocycles. The number of amides is 1. The summed E-state index contributed by atoms with van der Waals surface area (Å²) in [7, 11) is 0. The van der Waals surface area contributed by atoms with Crippen LogP contribution in [0.25, 0.3) is 0 Å². The zero-order valence-electron chi connectivity index (χ0n) is 11.1. The highest BCUT2D eigenvalue weighted by atomic mass is 19.1. The summed E-state index contributed by atoms with van der Waals surface area (Å²) < 4.78 is 12.7. The molecule has 2 aromatic rings. The lowest BCUT2D eigenvalue weighted by atomic mass is 10.2. The van der Waals surface area contributed by atoms with Crippen molar-refractivity contribution < 1.29 is 9.18 Å². The molecule has 0 atom stereocenters. The molecule has 1 amide bonds. The summed E-state index contributed by atoms with van der Waals surface area (Å²) in [6, 6.07) is 15.7. The van der Waals surface area contributed by atoms with Crippen LogP contribution in [0.5, 0.6) is 0 Å². The van der Waals surface area contributed by atoms with Crippen LogP contribution >= 0.6 is 0 Å². The normalized spacial score (nSPS) is 10.2. The van der Waals surface area contributed by atoms with Gasteiger partial charge in [-0.15, -0.1) is 0 Å². The van der Waals surface area contributed by atoms with Crippen LogP contribution in [0.15, 0.2) is 54.6 Å². The minimum atomic E-state index is -0.312. The van der Waals surface area contributed by atoms with E-state index in [0.717, 1.165) is 6.54 Å². The Morgan fingerprint density at radius 3 is 2.40 bits per heavy atom. The Morgan fingerprint density at radius 2 is 1.70 bits per heavy atom. The first-order valence-corrected chi connectivity index (χ1v) is 6.54. The molecule has 0 aliphatic carbocycles. The quantitative estimate of drug-likeness (QED) is 0.794. The van der Waals surface area contributed by atoms with Crippen molar-refractivity contribution in [2.45, 2.75) is 13.0 Å². The minimum absolute atomic E-state index is 0.0860. The molecule has 4 heteroatoms. The van der Waals surface area contributed by atoms with E-state index in [9.17, 15) is 9.18 Å². The highest BCUT2D eigenvalue weighted by Gasteiger charge is 2.02. The van der Waals surface area contributed by atoms with Crippen molar-refractivity contribution in [3.8, 4) is 0 Å². The van der Waals surface area contributed by atoms with Crippen LogP contribution in [-0.4, -0.2) is 12.5 Å². The maximum atomic E-state index is 12.7. The summed E-state index contributed by atoms with van der Waals surface area (Å²) in [5.74, 6) is -0.398. The van der Waals surface area contributed by atoms with Crippen LogP contribution in [0.1, 0.15) is 12.0 Å². The predicted molar refractivity (Wildman–Crippen MR) is 77.8 cm³/mol. The molecule has 20 heavy (non-hydrogen) atoms. The molecule has 0 unspecified atom stereocenters. The van der Waals surface area contributed by atoms with E-state index in [4.69, 9.17) is 0 Å². The Bertz CT molecular complexity index is 540. The van der Waals surface area contributed by atoms with Crippen molar-refractivity contribution in [2.75, 3.05) is 11.9 Å². The molecule has 3 nitrogen and oxygen atoms in total. The zero-order valence-corrected chi connectivity index (χ0v) is 11.1. The number of carbonyl (C=O) groups is 1. The molecule has 0 spiro atoms. The van der Waals surface area contributed by atoms with Crippen molar-refractivity contribution in [3.63, 3.8) is 0 Å². The van der Waals surface area contributed by atoms with Gasteiger partial charge in [-0.3, -0.25) is 4.79 Å². The molecule has 2 rings (SSSR count). The van der Waals surface area contributed by atoms with E-state index in [0.29, 0.717) is 18.7 Å². The Hall–Kier alpha value is -2.20. The van der Waals surface area contributed by atoms with Crippen molar-refractivity contribution in [1.29, 1.82) is 0 Å².